The Bertz CT molecular complexity index is 1240. The third-order valence-corrected chi connectivity index (χ3v) is 7.21. The highest BCUT2D eigenvalue weighted by molar-refractivity contribution is 7.17. The fourth-order valence-corrected chi connectivity index (χ4v) is 5.34. The van der Waals surface area contributed by atoms with Crippen molar-refractivity contribution >= 4 is 67.9 Å². The normalized spacial score (nSPS) is 13.5. The number of benzene rings is 2. The predicted octanol–water partition coefficient (Wildman–Crippen LogP) is 7.94. The van der Waals surface area contributed by atoms with Crippen LogP contribution in [0.15, 0.2) is 42.0 Å². The minimum Gasteiger partial charge on any atom is -0.338 e. The van der Waals surface area contributed by atoms with Crippen LogP contribution in [0.5, 0.6) is 0 Å². The van der Waals surface area contributed by atoms with E-state index in [0.717, 1.165) is 22.2 Å². The molecule has 1 N–H and O–H groups in total. The van der Waals surface area contributed by atoms with Crippen LogP contribution in [0.1, 0.15) is 24.0 Å². The summed E-state index contributed by atoms with van der Waals surface area (Å²) in [5.41, 5.74) is 5.89. The molecule has 0 fully saturated rings. The summed E-state index contributed by atoms with van der Waals surface area (Å²) in [5, 5.41) is 7.78. The van der Waals surface area contributed by atoms with Crippen molar-refractivity contribution in [2.75, 3.05) is 5.32 Å². The standard InChI is InChI=1S/C22H16Cl3N3S/c23-16-8-18(25)19(9-17(16)24)28-21-20-15(10-29-22(20)27-11-26-21)14-6-5-12-3-1-2-4-13(12)7-14/h5-11H,1-4H2,(H,26,27,28). The third-order valence-electron chi connectivity index (χ3n) is 5.29. The Morgan fingerprint density at radius 1 is 0.862 bits per heavy atom. The molecule has 1 aliphatic rings. The molecule has 1 aliphatic carbocycles. The molecule has 0 unspecified atom stereocenters. The number of aryl methyl sites for hydroxylation is 2. The Hall–Kier alpha value is -1.85. The lowest BCUT2D eigenvalue weighted by molar-refractivity contribution is 0.686. The summed E-state index contributed by atoms with van der Waals surface area (Å²) >= 11 is 20.2. The van der Waals surface area contributed by atoms with Gasteiger partial charge in [0.15, 0.2) is 0 Å². The van der Waals surface area contributed by atoms with E-state index in [1.54, 1.807) is 29.8 Å². The first kappa shape index (κ1) is 19.1. The molecule has 2 aromatic heterocycles. The van der Waals surface area contributed by atoms with Crippen LogP contribution in [-0.4, -0.2) is 9.97 Å². The molecule has 3 nitrogen and oxygen atoms in total. The molecule has 29 heavy (non-hydrogen) atoms. The van der Waals surface area contributed by atoms with E-state index >= 15 is 0 Å². The highest BCUT2D eigenvalue weighted by Gasteiger charge is 2.17. The molecule has 146 valence electrons. The molecule has 5 rings (SSSR count). The Labute approximate surface area is 187 Å². The van der Waals surface area contributed by atoms with Gasteiger partial charge in [-0.3, -0.25) is 0 Å². The van der Waals surface area contributed by atoms with Crippen LogP contribution in [0.25, 0.3) is 21.3 Å². The highest BCUT2D eigenvalue weighted by Crippen LogP contribution is 2.40. The summed E-state index contributed by atoms with van der Waals surface area (Å²) < 4.78 is 0. The maximum Gasteiger partial charge on any atom is 0.143 e. The molecular formula is C22H16Cl3N3S. The van der Waals surface area contributed by atoms with Gasteiger partial charge in [0.1, 0.15) is 17.0 Å². The largest absolute Gasteiger partial charge is 0.338 e. The fourth-order valence-electron chi connectivity index (χ4n) is 3.83. The summed E-state index contributed by atoms with van der Waals surface area (Å²) in [6.45, 7) is 0. The van der Waals surface area contributed by atoms with Gasteiger partial charge in [-0.05, 0) is 54.5 Å². The molecule has 2 aromatic carbocycles. The quantitative estimate of drug-likeness (QED) is 0.315. The van der Waals surface area contributed by atoms with Gasteiger partial charge in [-0.25, -0.2) is 9.97 Å². The maximum atomic E-state index is 6.37. The van der Waals surface area contributed by atoms with Crippen LogP contribution >= 0.6 is 46.1 Å². The van der Waals surface area contributed by atoms with Crippen molar-refractivity contribution in [2.24, 2.45) is 0 Å². The number of hydrogen-bond acceptors (Lipinski definition) is 4. The Balaban J connectivity index is 1.62. The van der Waals surface area contributed by atoms with Gasteiger partial charge in [-0.2, -0.15) is 0 Å². The van der Waals surface area contributed by atoms with Crippen LogP contribution < -0.4 is 5.32 Å². The number of rotatable bonds is 3. The van der Waals surface area contributed by atoms with E-state index in [0.29, 0.717) is 26.6 Å². The fraction of sp³-hybridized carbons (Fsp3) is 0.182. The van der Waals surface area contributed by atoms with Crippen molar-refractivity contribution in [1.82, 2.24) is 9.97 Å². The van der Waals surface area contributed by atoms with Crippen molar-refractivity contribution in [3.05, 3.63) is 68.2 Å². The zero-order chi connectivity index (χ0) is 20.0. The predicted molar refractivity (Wildman–Crippen MR) is 124 cm³/mol. The van der Waals surface area contributed by atoms with Crippen LogP contribution in [0.3, 0.4) is 0 Å². The molecule has 0 bridgehead atoms. The van der Waals surface area contributed by atoms with E-state index in [-0.39, 0.29) is 0 Å². The molecule has 0 atom stereocenters. The second kappa shape index (κ2) is 7.77. The lowest BCUT2D eigenvalue weighted by Crippen LogP contribution is -2.02. The monoisotopic (exact) mass is 459 g/mol. The first-order chi connectivity index (χ1) is 14.1. The van der Waals surface area contributed by atoms with Gasteiger partial charge in [0.05, 0.1) is 26.1 Å². The van der Waals surface area contributed by atoms with Crippen LogP contribution in [0.4, 0.5) is 11.5 Å². The number of aromatic nitrogens is 2. The minimum absolute atomic E-state index is 0.417. The number of fused-ring (bicyclic) bond motifs is 2. The second-order valence-electron chi connectivity index (χ2n) is 7.11. The smallest absolute Gasteiger partial charge is 0.143 e. The summed E-state index contributed by atoms with van der Waals surface area (Å²) in [6.07, 6.45) is 6.41. The lowest BCUT2D eigenvalue weighted by Gasteiger charge is -2.17. The zero-order valence-electron chi connectivity index (χ0n) is 15.3. The summed E-state index contributed by atoms with van der Waals surface area (Å²) in [4.78, 5) is 9.87. The zero-order valence-corrected chi connectivity index (χ0v) is 18.4. The molecule has 0 saturated heterocycles. The topological polar surface area (TPSA) is 37.8 Å². The average Bonchev–Trinajstić information content (AvgIpc) is 3.17. The number of anilines is 2. The second-order valence-corrected chi connectivity index (χ2v) is 9.19. The highest BCUT2D eigenvalue weighted by atomic mass is 35.5. The van der Waals surface area contributed by atoms with Crippen molar-refractivity contribution in [2.45, 2.75) is 25.7 Å². The molecular weight excluding hydrogens is 445 g/mol. The first-order valence-electron chi connectivity index (χ1n) is 9.36. The lowest BCUT2D eigenvalue weighted by atomic mass is 9.89. The third kappa shape index (κ3) is 3.59. The molecule has 2 heterocycles. The van der Waals surface area contributed by atoms with Gasteiger partial charge in [0.25, 0.3) is 0 Å². The van der Waals surface area contributed by atoms with Gasteiger partial charge in [-0.15, -0.1) is 11.3 Å². The van der Waals surface area contributed by atoms with Crippen molar-refractivity contribution in [1.29, 1.82) is 0 Å². The van der Waals surface area contributed by atoms with Gasteiger partial charge in [0, 0.05) is 10.9 Å². The van der Waals surface area contributed by atoms with Crippen molar-refractivity contribution in [3.8, 4) is 11.1 Å². The number of nitrogens with one attached hydrogen (secondary N) is 1. The molecule has 7 heteroatoms. The summed E-state index contributed by atoms with van der Waals surface area (Å²) in [6, 6.07) is 10.1. The molecule has 0 amide bonds. The van der Waals surface area contributed by atoms with E-state index in [4.69, 9.17) is 34.8 Å². The maximum absolute atomic E-state index is 6.37. The van der Waals surface area contributed by atoms with Crippen LogP contribution in [0, 0.1) is 0 Å². The number of halogens is 3. The Kier molecular flexibility index (Phi) is 5.12. The van der Waals surface area contributed by atoms with E-state index < -0.39 is 0 Å². The molecule has 0 spiro atoms. The first-order valence-corrected chi connectivity index (χ1v) is 11.4. The van der Waals surface area contributed by atoms with Gasteiger partial charge >= 0.3 is 0 Å². The van der Waals surface area contributed by atoms with E-state index in [1.165, 1.54) is 36.0 Å². The van der Waals surface area contributed by atoms with Crippen LogP contribution in [0.2, 0.25) is 15.1 Å². The SMILES string of the molecule is Clc1cc(Cl)c(Nc2ncnc3scc(-c4ccc5c(c4)CCCC5)c23)cc1Cl. The average molecular weight is 461 g/mol. The molecule has 0 radical (unpaired) electrons. The molecule has 4 aromatic rings. The van der Waals surface area contributed by atoms with Crippen molar-refractivity contribution in [3.63, 3.8) is 0 Å². The Morgan fingerprint density at radius 2 is 1.66 bits per heavy atom. The number of nitrogens with zero attached hydrogens (tertiary/aromatic N) is 2. The Morgan fingerprint density at radius 3 is 2.52 bits per heavy atom. The van der Waals surface area contributed by atoms with Gasteiger partial charge in [-0.1, -0.05) is 53.0 Å². The number of hydrogen-bond donors (Lipinski definition) is 1. The van der Waals surface area contributed by atoms with Gasteiger partial charge < -0.3 is 5.32 Å². The van der Waals surface area contributed by atoms with E-state index in [9.17, 15) is 0 Å². The number of thiophene rings is 1. The molecule has 0 aliphatic heterocycles. The summed E-state index contributed by atoms with van der Waals surface area (Å²) in [7, 11) is 0. The van der Waals surface area contributed by atoms with E-state index in [2.05, 4.69) is 38.9 Å². The summed E-state index contributed by atoms with van der Waals surface area (Å²) in [5.74, 6) is 0.698. The minimum atomic E-state index is 0.417. The van der Waals surface area contributed by atoms with E-state index in [1.807, 2.05) is 0 Å². The van der Waals surface area contributed by atoms with Gasteiger partial charge in [0.2, 0.25) is 0 Å². The van der Waals surface area contributed by atoms with Crippen LogP contribution in [-0.2, 0) is 12.8 Å². The van der Waals surface area contributed by atoms with Crippen molar-refractivity contribution < 1.29 is 0 Å². The molecule has 0 saturated carbocycles.